The number of nitrogens with two attached hydrogens (primary N) is 1. The first-order chi connectivity index (χ1) is 6.18. The minimum Gasteiger partial charge on any atom is -0.324 e. The second-order valence-electron chi connectivity index (χ2n) is 4.21. The Kier molecular flexibility index (Phi) is 2.12. The van der Waals surface area contributed by atoms with Crippen LogP contribution in [-0.4, -0.2) is 0 Å². The van der Waals surface area contributed by atoms with E-state index in [-0.39, 0.29) is 6.04 Å². The molecule has 0 aliphatic heterocycles. The van der Waals surface area contributed by atoms with Gasteiger partial charge >= 0.3 is 0 Å². The molecule has 1 aliphatic rings. The summed E-state index contributed by atoms with van der Waals surface area (Å²) in [6.07, 6.45) is 2.63. The number of hydrogen-bond acceptors (Lipinski definition) is 1. The summed E-state index contributed by atoms with van der Waals surface area (Å²) >= 11 is 0. The molecule has 1 fully saturated rings. The van der Waals surface area contributed by atoms with Crippen molar-refractivity contribution in [2.24, 2.45) is 11.7 Å². The van der Waals surface area contributed by atoms with E-state index in [1.165, 1.54) is 29.5 Å². The van der Waals surface area contributed by atoms with Crippen LogP contribution in [0.4, 0.5) is 0 Å². The predicted octanol–water partition coefficient (Wildman–Crippen LogP) is 2.71. The highest BCUT2D eigenvalue weighted by Crippen LogP contribution is 2.39. The molecule has 1 aliphatic carbocycles. The van der Waals surface area contributed by atoms with Crippen LogP contribution in [0.1, 0.15) is 35.6 Å². The Bertz CT molecular complexity index is 313. The number of benzene rings is 1. The third-order valence-corrected chi connectivity index (χ3v) is 3.05. The highest BCUT2D eigenvalue weighted by molar-refractivity contribution is 5.32. The Morgan fingerprint density at radius 1 is 1.23 bits per heavy atom. The van der Waals surface area contributed by atoms with Gasteiger partial charge in [0.05, 0.1) is 0 Å². The quantitative estimate of drug-likeness (QED) is 0.734. The van der Waals surface area contributed by atoms with E-state index >= 15 is 0 Å². The summed E-state index contributed by atoms with van der Waals surface area (Å²) in [5.74, 6) is 0.752. The first-order valence-corrected chi connectivity index (χ1v) is 5.01. The van der Waals surface area contributed by atoms with Gasteiger partial charge in [-0.15, -0.1) is 0 Å². The Labute approximate surface area is 80.0 Å². The second-order valence-corrected chi connectivity index (χ2v) is 4.21. The van der Waals surface area contributed by atoms with Crippen molar-refractivity contribution in [3.05, 3.63) is 34.9 Å². The third-order valence-electron chi connectivity index (χ3n) is 3.05. The molecule has 0 saturated heterocycles. The average Bonchev–Trinajstić information content (AvgIpc) is 2.91. The summed E-state index contributed by atoms with van der Waals surface area (Å²) < 4.78 is 0. The first-order valence-electron chi connectivity index (χ1n) is 5.01. The van der Waals surface area contributed by atoms with Crippen molar-refractivity contribution in [1.82, 2.24) is 0 Å². The van der Waals surface area contributed by atoms with Gasteiger partial charge in [0.25, 0.3) is 0 Å². The van der Waals surface area contributed by atoms with Crippen molar-refractivity contribution in [3.63, 3.8) is 0 Å². The summed E-state index contributed by atoms with van der Waals surface area (Å²) in [5.41, 5.74) is 10.1. The van der Waals surface area contributed by atoms with Gasteiger partial charge in [0.2, 0.25) is 0 Å². The summed E-state index contributed by atoms with van der Waals surface area (Å²) in [4.78, 5) is 0. The van der Waals surface area contributed by atoms with Crippen molar-refractivity contribution < 1.29 is 0 Å². The summed E-state index contributed by atoms with van der Waals surface area (Å²) in [6, 6.07) is 6.86. The topological polar surface area (TPSA) is 26.0 Å². The lowest BCUT2D eigenvalue weighted by Gasteiger charge is -2.12. The van der Waals surface area contributed by atoms with Crippen LogP contribution >= 0.6 is 0 Å². The van der Waals surface area contributed by atoms with Crippen molar-refractivity contribution in [1.29, 1.82) is 0 Å². The zero-order valence-corrected chi connectivity index (χ0v) is 8.38. The molecule has 70 valence electrons. The molecule has 2 N–H and O–H groups in total. The molecule has 0 amide bonds. The van der Waals surface area contributed by atoms with Gasteiger partial charge in [-0.05, 0) is 49.3 Å². The molecule has 0 aromatic heterocycles. The fourth-order valence-corrected chi connectivity index (χ4v) is 1.70. The van der Waals surface area contributed by atoms with Crippen molar-refractivity contribution in [2.75, 3.05) is 0 Å². The fraction of sp³-hybridized carbons (Fsp3) is 0.500. The van der Waals surface area contributed by atoms with E-state index in [1.807, 2.05) is 0 Å². The van der Waals surface area contributed by atoms with Crippen LogP contribution in [0.2, 0.25) is 0 Å². The van der Waals surface area contributed by atoms with E-state index in [9.17, 15) is 0 Å². The van der Waals surface area contributed by atoms with E-state index in [1.54, 1.807) is 0 Å². The van der Waals surface area contributed by atoms with E-state index in [4.69, 9.17) is 5.73 Å². The minimum absolute atomic E-state index is 0.277. The molecule has 0 bridgehead atoms. The molecule has 0 heterocycles. The molecule has 1 aromatic rings. The zero-order valence-electron chi connectivity index (χ0n) is 8.38. The molecule has 13 heavy (non-hydrogen) atoms. The molecule has 1 saturated carbocycles. The van der Waals surface area contributed by atoms with E-state index in [2.05, 4.69) is 32.0 Å². The second kappa shape index (κ2) is 3.15. The average molecular weight is 175 g/mol. The van der Waals surface area contributed by atoms with Gasteiger partial charge in [-0.2, -0.15) is 0 Å². The maximum atomic E-state index is 6.12. The lowest BCUT2D eigenvalue weighted by atomic mass is 9.99. The number of hydrogen-bond donors (Lipinski definition) is 1. The molecule has 1 heteroatoms. The maximum absolute atomic E-state index is 6.12. The normalized spacial score (nSPS) is 18.7. The fourth-order valence-electron chi connectivity index (χ4n) is 1.70. The summed E-state index contributed by atoms with van der Waals surface area (Å²) in [7, 11) is 0. The predicted molar refractivity (Wildman–Crippen MR) is 55.6 cm³/mol. The van der Waals surface area contributed by atoms with Crippen LogP contribution in [0, 0.1) is 19.8 Å². The van der Waals surface area contributed by atoms with Crippen LogP contribution in [0.25, 0.3) is 0 Å². The van der Waals surface area contributed by atoms with Gasteiger partial charge in [-0.25, -0.2) is 0 Å². The molecular weight excluding hydrogens is 158 g/mol. The van der Waals surface area contributed by atoms with E-state index < -0.39 is 0 Å². The van der Waals surface area contributed by atoms with Crippen LogP contribution in [-0.2, 0) is 0 Å². The Hall–Kier alpha value is -0.820. The first kappa shape index (κ1) is 8.76. The Morgan fingerprint density at radius 2 is 1.92 bits per heavy atom. The largest absolute Gasteiger partial charge is 0.324 e. The minimum atomic E-state index is 0.277. The Morgan fingerprint density at radius 3 is 2.46 bits per heavy atom. The van der Waals surface area contributed by atoms with E-state index in [0.717, 1.165) is 5.92 Å². The van der Waals surface area contributed by atoms with Gasteiger partial charge < -0.3 is 5.73 Å². The SMILES string of the molecule is Cc1ccc([C@@H](N)C2CC2)cc1C. The van der Waals surface area contributed by atoms with Gasteiger partial charge in [-0.1, -0.05) is 18.2 Å². The molecule has 0 unspecified atom stereocenters. The smallest absolute Gasteiger partial charge is 0.0323 e. The summed E-state index contributed by atoms with van der Waals surface area (Å²) in [5, 5.41) is 0. The molecule has 0 spiro atoms. The number of rotatable bonds is 2. The standard InChI is InChI=1S/C12H17N/c1-8-3-4-11(7-9(8)2)12(13)10-5-6-10/h3-4,7,10,12H,5-6,13H2,1-2H3/t12-/m0/s1. The lowest BCUT2D eigenvalue weighted by Crippen LogP contribution is -2.12. The van der Waals surface area contributed by atoms with Crippen LogP contribution in [0.15, 0.2) is 18.2 Å². The zero-order chi connectivity index (χ0) is 9.42. The molecule has 2 rings (SSSR count). The molecule has 0 radical (unpaired) electrons. The van der Waals surface area contributed by atoms with Gasteiger partial charge in [-0.3, -0.25) is 0 Å². The molecule has 1 atom stereocenters. The van der Waals surface area contributed by atoms with Crippen LogP contribution < -0.4 is 5.73 Å². The van der Waals surface area contributed by atoms with Crippen LogP contribution in [0.3, 0.4) is 0 Å². The van der Waals surface area contributed by atoms with E-state index in [0.29, 0.717) is 0 Å². The van der Waals surface area contributed by atoms with Crippen molar-refractivity contribution in [2.45, 2.75) is 32.7 Å². The number of aryl methyl sites for hydroxylation is 2. The summed E-state index contributed by atoms with van der Waals surface area (Å²) in [6.45, 7) is 4.29. The maximum Gasteiger partial charge on any atom is 0.0323 e. The van der Waals surface area contributed by atoms with Crippen molar-refractivity contribution >= 4 is 0 Å². The lowest BCUT2D eigenvalue weighted by molar-refractivity contribution is 0.633. The van der Waals surface area contributed by atoms with Gasteiger partial charge in [0.15, 0.2) is 0 Å². The van der Waals surface area contributed by atoms with Gasteiger partial charge in [0, 0.05) is 6.04 Å². The van der Waals surface area contributed by atoms with Gasteiger partial charge in [0.1, 0.15) is 0 Å². The van der Waals surface area contributed by atoms with Crippen LogP contribution in [0.5, 0.6) is 0 Å². The monoisotopic (exact) mass is 175 g/mol. The molecular formula is C12H17N. The Balaban J connectivity index is 2.24. The molecule has 1 nitrogen and oxygen atoms in total. The highest BCUT2D eigenvalue weighted by Gasteiger charge is 2.29. The van der Waals surface area contributed by atoms with Crippen molar-refractivity contribution in [3.8, 4) is 0 Å². The molecule has 1 aromatic carbocycles. The highest BCUT2D eigenvalue weighted by atomic mass is 14.7. The third kappa shape index (κ3) is 1.75.